The molecule has 0 unspecified atom stereocenters. The van der Waals surface area contributed by atoms with Gasteiger partial charge in [0.25, 0.3) is 14.3 Å². The number of hydrogen-bond acceptors (Lipinski definition) is 3. The highest BCUT2D eigenvalue weighted by molar-refractivity contribution is 14.1. The largest absolute Gasteiger partial charge is 0.276 e. The summed E-state index contributed by atoms with van der Waals surface area (Å²) in [6, 6.07) is 4.19. The summed E-state index contributed by atoms with van der Waals surface area (Å²) in [5.74, 6) is 0. The van der Waals surface area contributed by atoms with Gasteiger partial charge >= 0.3 is 0 Å². The molecule has 0 radical (unpaired) electrons. The number of benzene rings is 1. The minimum atomic E-state index is -3.94. The summed E-state index contributed by atoms with van der Waals surface area (Å²) >= 11 is 7.11. The molecule has 3 nitrogen and oxygen atoms in total. The Balaban J connectivity index is 3.54. The van der Waals surface area contributed by atoms with E-state index in [0.29, 0.717) is 3.57 Å². The van der Waals surface area contributed by atoms with Crippen LogP contribution in [0.1, 0.15) is 10.4 Å². The van der Waals surface area contributed by atoms with Crippen LogP contribution in [-0.2, 0) is 9.05 Å². The Labute approximate surface area is 104 Å². The van der Waals surface area contributed by atoms with Gasteiger partial charge in [0.1, 0.15) is 0 Å². The third kappa shape index (κ3) is 2.82. The van der Waals surface area contributed by atoms with Gasteiger partial charge in [0, 0.05) is 14.3 Å². The molecule has 0 amide bonds. The van der Waals surface area contributed by atoms with Gasteiger partial charge in [-0.15, -0.1) is 0 Å². The summed E-state index contributed by atoms with van der Waals surface area (Å²) in [5.41, 5.74) is -0.109. The maximum Gasteiger partial charge on any atom is 0.262 e. The zero-order valence-electron chi connectivity index (χ0n) is 6.50. The Morgan fingerprint density at radius 3 is 2.36 bits per heavy atom. The van der Waals surface area contributed by atoms with Crippen LogP contribution in [0.5, 0.6) is 0 Å². The number of hydrogen-bond donors (Lipinski definition) is 0. The maximum atomic E-state index is 11.1. The predicted octanol–water partition coefficient (Wildman–Crippen LogP) is 2.60. The molecular weight excluding hydrogens is 362 g/mol. The van der Waals surface area contributed by atoms with E-state index < -0.39 is 14.3 Å². The summed E-state index contributed by atoms with van der Waals surface area (Å²) in [7, 11) is 1.20. The molecule has 0 aliphatic heterocycles. The first-order valence-corrected chi connectivity index (χ1v) is 7.03. The monoisotopic (exact) mass is 364 g/mol. The first-order valence-electron chi connectivity index (χ1n) is 3.26. The van der Waals surface area contributed by atoms with E-state index >= 15 is 0 Å². The molecule has 1 aromatic carbocycles. The van der Waals surface area contributed by atoms with E-state index in [1.165, 1.54) is 12.1 Å². The molecule has 76 valence electrons. The highest BCUT2D eigenvalue weighted by Crippen LogP contribution is 2.23. The van der Waals surface area contributed by atoms with Crippen molar-refractivity contribution >= 4 is 59.2 Å². The van der Waals surface area contributed by atoms with Crippen LogP contribution in [0.15, 0.2) is 23.1 Å². The van der Waals surface area contributed by atoms with Crippen LogP contribution in [0.4, 0.5) is 0 Å². The average Bonchev–Trinajstić information content (AvgIpc) is 2.01. The van der Waals surface area contributed by atoms with Crippen molar-refractivity contribution < 1.29 is 13.2 Å². The SMILES string of the molecule is O=C(Cl)c1ccc(I)cc1S(=O)(=O)Cl. The first kappa shape index (κ1) is 12.2. The van der Waals surface area contributed by atoms with Crippen LogP contribution in [0.3, 0.4) is 0 Å². The molecule has 1 aromatic rings. The lowest BCUT2D eigenvalue weighted by Crippen LogP contribution is -2.01. The van der Waals surface area contributed by atoms with E-state index in [-0.39, 0.29) is 10.5 Å². The van der Waals surface area contributed by atoms with Crippen molar-refractivity contribution in [3.05, 3.63) is 27.3 Å². The Morgan fingerprint density at radius 1 is 1.36 bits per heavy atom. The molecule has 0 N–H and O–H groups in total. The molecule has 0 fully saturated rings. The summed E-state index contributed by atoms with van der Waals surface area (Å²) < 4.78 is 22.8. The molecule has 0 aromatic heterocycles. The third-order valence-corrected chi connectivity index (χ3v) is 3.65. The molecular formula is C7H3Cl2IO3S. The molecule has 14 heavy (non-hydrogen) atoms. The van der Waals surface area contributed by atoms with E-state index in [1.807, 2.05) is 22.6 Å². The second-order valence-corrected chi connectivity index (χ2v) is 6.48. The number of carbonyl (C=O) groups is 1. The zero-order chi connectivity index (χ0) is 10.9. The standard InChI is InChI=1S/C7H3Cl2IO3S/c8-7(11)5-2-1-4(10)3-6(5)14(9,12)13/h1-3H. The molecule has 0 spiro atoms. The number of rotatable bonds is 2. The molecule has 0 atom stereocenters. The maximum absolute atomic E-state index is 11.1. The van der Waals surface area contributed by atoms with E-state index in [1.54, 1.807) is 6.07 Å². The van der Waals surface area contributed by atoms with Crippen molar-refractivity contribution in [1.29, 1.82) is 0 Å². The quantitative estimate of drug-likeness (QED) is 0.598. The normalized spacial score (nSPS) is 11.4. The van der Waals surface area contributed by atoms with Crippen molar-refractivity contribution in [2.24, 2.45) is 0 Å². The highest BCUT2D eigenvalue weighted by Gasteiger charge is 2.19. The van der Waals surface area contributed by atoms with Gasteiger partial charge in [0.05, 0.1) is 10.5 Å². The van der Waals surface area contributed by atoms with Gasteiger partial charge in [0.2, 0.25) is 0 Å². The molecule has 0 aliphatic carbocycles. The Hall–Kier alpha value is 0.150. The molecule has 0 bridgehead atoms. The zero-order valence-corrected chi connectivity index (χ0v) is 11.0. The summed E-state index contributed by atoms with van der Waals surface area (Å²) in [6.07, 6.45) is 0. The van der Waals surface area contributed by atoms with Gasteiger partial charge in [0.15, 0.2) is 0 Å². The fourth-order valence-corrected chi connectivity index (χ4v) is 2.86. The van der Waals surface area contributed by atoms with Gasteiger partial charge in [-0.05, 0) is 52.4 Å². The van der Waals surface area contributed by atoms with Crippen LogP contribution < -0.4 is 0 Å². The summed E-state index contributed by atoms with van der Waals surface area (Å²) in [4.78, 5) is 10.6. The molecule has 0 saturated carbocycles. The van der Waals surface area contributed by atoms with Gasteiger partial charge < -0.3 is 0 Å². The van der Waals surface area contributed by atoms with E-state index in [9.17, 15) is 13.2 Å². The lowest BCUT2D eigenvalue weighted by Gasteiger charge is -2.02. The van der Waals surface area contributed by atoms with Crippen molar-refractivity contribution in [2.45, 2.75) is 4.90 Å². The second kappa shape index (κ2) is 4.34. The lowest BCUT2D eigenvalue weighted by molar-refractivity contribution is 0.107. The fraction of sp³-hybridized carbons (Fsp3) is 0. The van der Waals surface area contributed by atoms with Crippen molar-refractivity contribution in [3.8, 4) is 0 Å². The van der Waals surface area contributed by atoms with Gasteiger partial charge in [-0.1, -0.05) is 0 Å². The Morgan fingerprint density at radius 2 is 1.93 bits per heavy atom. The lowest BCUT2D eigenvalue weighted by atomic mass is 10.2. The topological polar surface area (TPSA) is 51.2 Å². The van der Waals surface area contributed by atoms with Gasteiger partial charge in [-0.2, -0.15) is 0 Å². The second-order valence-electron chi connectivity index (χ2n) is 2.35. The number of carbonyl (C=O) groups excluding carboxylic acids is 1. The molecule has 7 heteroatoms. The summed E-state index contributed by atoms with van der Waals surface area (Å²) in [5, 5.41) is -0.847. The van der Waals surface area contributed by atoms with E-state index in [0.717, 1.165) is 0 Å². The van der Waals surface area contributed by atoms with Crippen LogP contribution in [0.25, 0.3) is 0 Å². The molecule has 0 heterocycles. The first-order chi connectivity index (χ1) is 6.32. The molecule has 0 aliphatic rings. The summed E-state index contributed by atoms with van der Waals surface area (Å²) in [6.45, 7) is 0. The van der Waals surface area contributed by atoms with Crippen LogP contribution in [-0.4, -0.2) is 13.7 Å². The highest BCUT2D eigenvalue weighted by atomic mass is 127. The van der Waals surface area contributed by atoms with Crippen LogP contribution >= 0.6 is 44.9 Å². The van der Waals surface area contributed by atoms with Crippen molar-refractivity contribution in [3.63, 3.8) is 0 Å². The van der Waals surface area contributed by atoms with E-state index in [4.69, 9.17) is 22.3 Å². The Kier molecular flexibility index (Phi) is 3.79. The number of halogens is 3. The van der Waals surface area contributed by atoms with Gasteiger partial charge in [-0.3, -0.25) is 4.79 Å². The minimum absolute atomic E-state index is 0.109. The van der Waals surface area contributed by atoms with Crippen molar-refractivity contribution in [1.82, 2.24) is 0 Å². The average molecular weight is 365 g/mol. The minimum Gasteiger partial charge on any atom is -0.276 e. The van der Waals surface area contributed by atoms with E-state index in [2.05, 4.69) is 0 Å². The van der Waals surface area contributed by atoms with Gasteiger partial charge in [-0.25, -0.2) is 8.42 Å². The van der Waals surface area contributed by atoms with Crippen LogP contribution in [0, 0.1) is 3.57 Å². The smallest absolute Gasteiger partial charge is 0.262 e. The Bertz CT molecular complexity index is 484. The van der Waals surface area contributed by atoms with Crippen LogP contribution in [0.2, 0.25) is 0 Å². The third-order valence-electron chi connectivity index (χ3n) is 1.42. The fourth-order valence-electron chi connectivity index (χ4n) is 0.860. The molecule has 0 saturated heterocycles. The van der Waals surface area contributed by atoms with Crippen molar-refractivity contribution in [2.75, 3.05) is 0 Å². The predicted molar refractivity (Wildman–Crippen MR) is 62.4 cm³/mol. The molecule has 1 rings (SSSR count).